The summed E-state index contributed by atoms with van der Waals surface area (Å²) in [5, 5.41) is 68.6. The highest BCUT2D eigenvalue weighted by molar-refractivity contribution is 9.09. The van der Waals surface area contributed by atoms with E-state index in [1.165, 1.54) is 134 Å². The number of aliphatic hydroxyl groups excluding tert-OH is 1. The molecule has 5 N–H and O–H groups in total. The summed E-state index contributed by atoms with van der Waals surface area (Å²) in [4.78, 5) is 38.2. The molecule has 103 heavy (non-hydrogen) atoms. The number of hydrogen-bond donors (Lipinski definition) is 5. The minimum atomic E-state index is -0.647. The number of alkyl halides is 1. The highest BCUT2D eigenvalue weighted by Gasteiger charge is 2.66. The second-order valence-electron chi connectivity index (χ2n) is 35.1. The summed E-state index contributed by atoms with van der Waals surface area (Å²) in [5.74, 6) is 11.1. The third-order valence-electron chi connectivity index (χ3n) is 31.7. The Labute approximate surface area is 631 Å². The molecule has 0 bridgehead atoms. The Morgan fingerprint density at radius 2 is 0.942 bits per heavy atom. The van der Waals surface area contributed by atoms with Crippen LogP contribution in [0.25, 0.3) is 0 Å². The normalized spacial score (nSPS) is 41.8. The van der Waals surface area contributed by atoms with Crippen molar-refractivity contribution < 1.29 is 49.0 Å². The maximum atomic E-state index is 13.2. The first-order valence-corrected chi connectivity index (χ1v) is 41.4. The van der Waals surface area contributed by atoms with Crippen LogP contribution in [0.2, 0.25) is 0 Å². The van der Waals surface area contributed by atoms with Crippen LogP contribution in [0.5, 0.6) is 0 Å². The van der Waals surface area contributed by atoms with Gasteiger partial charge in [-0.25, -0.2) is 0 Å². The average Bonchev–Trinajstić information content (AvgIpc) is 1.16. The molecule has 0 radical (unpaired) electrons. The fourth-order valence-corrected chi connectivity index (χ4v) is 27.6. The fraction of sp³-hybridized carbons (Fsp3) is 0.872. The Bertz CT molecular complexity index is 3110. The lowest BCUT2D eigenvalue weighted by atomic mass is 9.42. The minimum absolute atomic E-state index is 0. The van der Waals surface area contributed by atoms with Crippen molar-refractivity contribution in [2.45, 2.75) is 301 Å². The van der Waals surface area contributed by atoms with Crippen LogP contribution in [-0.2, 0) is 35.1 Å². The molecule has 2 aromatic heterocycles. The molecule has 24 atom stereocenters. The van der Waals surface area contributed by atoms with Crippen LogP contribution >= 0.6 is 15.9 Å². The number of aromatic amines is 1. The Morgan fingerprint density at radius 1 is 0.524 bits per heavy atom. The SMILES string of the molecule is C.C.C.CCOC[C@@]1(O)CC[C@@]2(CC)[C@H](CC[C@H]3[C@@H]4CC[C@H](C(=O)CBr)[C@@]4(C)CC[C@@H]32)C1.CCOC[C@@]1(O)CC[C@@]2(CC)[C@H](CC[C@H]3[C@@H]4CC[C@H](C(=O)Cn5cc(C#N)cn5)C4CC[C@@H]32)C1.CCOC[C@@]1(O)CC[C@@]2(CC)[C@H](CC[C@H]3[C@@H]4CC[C@H](C(C)=O)[C@@]4(C)CC[C@@H]32)C1.CO.N#Cc1cn[nH]c1. The number of nitrogens with zero attached hydrogens (tertiary/aromatic N) is 5. The second kappa shape index (κ2) is 36.4. The van der Waals surface area contributed by atoms with Gasteiger partial charge in [0.15, 0.2) is 5.78 Å². The number of ketones is 3. The van der Waals surface area contributed by atoms with E-state index in [1.807, 2.05) is 33.8 Å². The predicted molar refractivity (Wildman–Crippen MR) is 412 cm³/mol. The first-order valence-electron chi connectivity index (χ1n) is 40.3. The summed E-state index contributed by atoms with van der Waals surface area (Å²) in [6.07, 6.45) is 40.8. The number of ether oxygens (including phenoxy) is 3. The molecular formula is C86H143BrN6O10. The van der Waals surface area contributed by atoms with Gasteiger partial charge in [0.25, 0.3) is 0 Å². The quantitative estimate of drug-likeness (QED) is 0.0871. The molecule has 0 aromatic carbocycles. The lowest BCUT2D eigenvalue weighted by Crippen LogP contribution is -2.57. The Kier molecular flexibility index (Phi) is 30.7. The number of aliphatic hydroxyl groups is 4. The summed E-state index contributed by atoms with van der Waals surface area (Å²) < 4.78 is 18.6. The molecule has 2 aromatic rings. The van der Waals surface area contributed by atoms with E-state index in [4.69, 9.17) is 29.8 Å². The number of carbonyl (C=O) groups excluding carboxylic acids is 3. The number of nitrogens with one attached hydrogen (secondary N) is 1. The van der Waals surface area contributed by atoms with Crippen molar-refractivity contribution in [3.8, 4) is 12.1 Å². The second-order valence-corrected chi connectivity index (χ2v) is 35.6. The number of nitriles is 2. The molecule has 12 saturated carbocycles. The van der Waals surface area contributed by atoms with E-state index in [0.717, 1.165) is 125 Å². The van der Waals surface area contributed by atoms with Crippen LogP contribution in [0.1, 0.15) is 288 Å². The van der Waals surface area contributed by atoms with Crippen LogP contribution < -0.4 is 0 Å². The van der Waals surface area contributed by atoms with Gasteiger partial charge in [0, 0.05) is 57.1 Å². The van der Waals surface area contributed by atoms with E-state index >= 15 is 0 Å². The number of Topliss-reactive ketones (excluding diaryl/α,β-unsaturated/α-hetero) is 3. The smallest absolute Gasteiger partial charge is 0.157 e. The van der Waals surface area contributed by atoms with E-state index in [9.17, 15) is 29.7 Å². The third-order valence-corrected chi connectivity index (χ3v) is 32.3. The zero-order valence-corrected chi connectivity index (χ0v) is 64.9. The molecule has 0 saturated heterocycles. The van der Waals surface area contributed by atoms with Crippen LogP contribution in [0.15, 0.2) is 24.8 Å². The van der Waals surface area contributed by atoms with Crippen LogP contribution in [0, 0.1) is 144 Å². The molecule has 0 amide bonds. The van der Waals surface area contributed by atoms with Gasteiger partial charge < -0.3 is 34.6 Å². The Morgan fingerprint density at radius 3 is 1.34 bits per heavy atom. The monoisotopic (exact) mass is 1500 g/mol. The number of carbonyl (C=O) groups is 3. The molecule has 1 unspecified atom stereocenters. The number of H-pyrrole nitrogens is 1. The highest BCUT2D eigenvalue weighted by atomic mass is 79.9. The van der Waals surface area contributed by atoms with Crippen molar-refractivity contribution in [1.82, 2.24) is 20.0 Å². The van der Waals surface area contributed by atoms with Crippen LogP contribution in [-0.4, -0.2) is 127 Å². The zero-order chi connectivity index (χ0) is 72.1. The van der Waals surface area contributed by atoms with E-state index in [1.54, 1.807) is 17.1 Å². The summed E-state index contributed by atoms with van der Waals surface area (Å²) in [6.45, 7) is 23.8. The van der Waals surface area contributed by atoms with Crippen molar-refractivity contribution in [2.24, 2.45) is 122 Å². The number of halogens is 1. The summed E-state index contributed by atoms with van der Waals surface area (Å²) >= 11 is 3.44. The van der Waals surface area contributed by atoms with Crippen molar-refractivity contribution in [3.63, 3.8) is 0 Å². The van der Waals surface area contributed by atoms with E-state index < -0.39 is 16.8 Å². The molecule has 584 valence electrons. The summed E-state index contributed by atoms with van der Waals surface area (Å²) in [7, 11) is 1.00. The van der Waals surface area contributed by atoms with Gasteiger partial charge in [0.05, 0.1) is 72.0 Å². The molecule has 12 aliphatic rings. The topological polar surface area (TPSA) is 254 Å². The zero-order valence-electron chi connectivity index (χ0n) is 63.3. The lowest BCUT2D eigenvalue weighted by molar-refractivity contribution is -0.173. The van der Waals surface area contributed by atoms with E-state index in [-0.39, 0.29) is 44.9 Å². The van der Waals surface area contributed by atoms with Gasteiger partial charge in [-0.05, 0) is 324 Å². The summed E-state index contributed by atoms with van der Waals surface area (Å²) in [6, 6.07) is 4.01. The fourth-order valence-electron chi connectivity index (χ4n) is 27.2. The molecule has 0 spiro atoms. The number of hydrogen-bond acceptors (Lipinski definition) is 14. The molecule has 2 heterocycles. The highest BCUT2D eigenvalue weighted by Crippen LogP contribution is 2.72. The molecule has 0 aliphatic heterocycles. The largest absolute Gasteiger partial charge is 0.400 e. The first-order chi connectivity index (χ1) is 48.0. The van der Waals surface area contributed by atoms with E-state index in [0.29, 0.717) is 132 Å². The van der Waals surface area contributed by atoms with Crippen molar-refractivity contribution >= 4 is 33.3 Å². The molecule has 12 fully saturated rings. The standard InChI is InChI=1S/C28H41N3O3.C25H41BrO3.C25H42O3.C4H3N3.CH4O.3CH4/c1-3-28-12-11-27(33,18-34-4-2)13-20(28)5-6-23-21-7-8-24(22(21)9-10-25(23)28)26(32)17-31-16-19(14-29)15-30-31;1-4-25-13-12-24(28,16-29-5-2)14-17(25)6-7-18-19-8-9-21(22(27)15-26)23(19,3)11-10-20(18)25;1-5-25-14-13-24(27,16-28-6-2)15-18(25)7-8-19-21-10-9-20(17(3)26)23(21,4)12-11-22(19)25;5-1-4-2-6-7-3-4;1-2;;;/h15-16,20-25,33H,3-13,17-18H2,1-2H3;17-21,28H,4-16H2,1-3H3;18-22,27H,5-16H2,1-4H3;2-3H,(H,6,7);2H,1H3;3*1H4/t20-,21-,22?,23+,24+,25+,27-,28+;17-,18+,19+,20+,21-,23+,24-,25+;18-,19+,20-,21+,22+,23-,24-,25+;;;;;/m111...../s1. The molecule has 17 heteroatoms. The molecule has 12 aliphatic carbocycles. The third kappa shape index (κ3) is 16.9. The maximum absolute atomic E-state index is 13.2. The minimum Gasteiger partial charge on any atom is -0.400 e. The van der Waals surface area contributed by atoms with Gasteiger partial charge in [-0.2, -0.15) is 20.7 Å². The lowest BCUT2D eigenvalue weighted by Gasteiger charge is -2.63. The van der Waals surface area contributed by atoms with Crippen molar-refractivity contribution in [2.75, 3.05) is 52.1 Å². The van der Waals surface area contributed by atoms with Gasteiger partial charge in [0.2, 0.25) is 0 Å². The Balaban J connectivity index is 0.000000202. The molecule has 14 rings (SSSR count). The molecule has 16 nitrogen and oxygen atoms in total. The van der Waals surface area contributed by atoms with Crippen molar-refractivity contribution in [1.29, 1.82) is 10.5 Å². The Hall–Kier alpha value is -3.39. The van der Waals surface area contributed by atoms with Crippen molar-refractivity contribution in [3.05, 3.63) is 35.9 Å². The van der Waals surface area contributed by atoms with Gasteiger partial charge >= 0.3 is 0 Å². The maximum Gasteiger partial charge on any atom is 0.157 e. The molecular weight excluding hydrogens is 1360 g/mol. The van der Waals surface area contributed by atoms with Gasteiger partial charge in [-0.15, -0.1) is 0 Å². The van der Waals surface area contributed by atoms with Crippen LogP contribution in [0.4, 0.5) is 0 Å². The van der Waals surface area contributed by atoms with Gasteiger partial charge in [-0.1, -0.05) is 72.8 Å². The number of aromatic nitrogens is 4. The van der Waals surface area contributed by atoms with Gasteiger partial charge in [0.1, 0.15) is 23.7 Å². The van der Waals surface area contributed by atoms with Crippen LogP contribution in [0.3, 0.4) is 0 Å². The van der Waals surface area contributed by atoms with Gasteiger partial charge in [-0.3, -0.25) is 24.2 Å². The first kappa shape index (κ1) is 86.8. The number of rotatable bonds is 18. The number of fused-ring (bicyclic) bond motifs is 15. The average molecular weight is 1500 g/mol. The van der Waals surface area contributed by atoms with E-state index in [2.05, 4.69) is 71.9 Å². The predicted octanol–water partition coefficient (Wildman–Crippen LogP) is 17.7. The summed E-state index contributed by atoms with van der Waals surface area (Å²) in [5.41, 5.74) is 0.857.